The molecule has 0 heterocycles. The van der Waals surface area contributed by atoms with Gasteiger partial charge in [0.15, 0.2) is 5.78 Å². The summed E-state index contributed by atoms with van der Waals surface area (Å²) in [6.07, 6.45) is 0. The highest BCUT2D eigenvalue weighted by Crippen LogP contribution is 2.31. The number of carbonyl (C=O) groups excluding carboxylic acids is 3. The number of benzene rings is 2. The summed E-state index contributed by atoms with van der Waals surface area (Å²) in [6, 6.07) is 8.58. The van der Waals surface area contributed by atoms with Crippen molar-refractivity contribution in [3.63, 3.8) is 0 Å². The molecule has 0 radical (unpaired) electrons. The van der Waals surface area contributed by atoms with Crippen LogP contribution in [0.1, 0.15) is 15.9 Å². The molecule has 2 aromatic carbocycles. The Morgan fingerprint density at radius 1 is 1.00 bits per heavy atom. The van der Waals surface area contributed by atoms with Gasteiger partial charge in [-0.3, -0.25) is 14.4 Å². The SMILES string of the molecule is CN(C)c1ccc(C(=O)c2ccc(OC=O)cc2OC=O)c(O)c1. The van der Waals surface area contributed by atoms with Crippen LogP contribution in [0.15, 0.2) is 36.4 Å². The number of ketones is 1. The number of ether oxygens (including phenoxy) is 2. The van der Waals surface area contributed by atoms with Gasteiger partial charge in [0.05, 0.1) is 11.1 Å². The fourth-order valence-corrected chi connectivity index (χ4v) is 2.10. The molecule has 0 saturated heterocycles. The number of hydrogen-bond donors (Lipinski definition) is 1. The van der Waals surface area contributed by atoms with Crippen LogP contribution in [0.25, 0.3) is 0 Å². The molecule has 1 N–H and O–H groups in total. The van der Waals surface area contributed by atoms with Gasteiger partial charge in [-0.05, 0) is 24.3 Å². The van der Waals surface area contributed by atoms with Gasteiger partial charge in [0.1, 0.15) is 17.2 Å². The number of phenolic OH excluding ortho intramolecular Hbond substituents is 1. The van der Waals surface area contributed by atoms with Gasteiger partial charge >= 0.3 is 0 Å². The predicted molar refractivity (Wildman–Crippen MR) is 85.7 cm³/mol. The van der Waals surface area contributed by atoms with Gasteiger partial charge in [0.2, 0.25) is 0 Å². The zero-order valence-electron chi connectivity index (χ0n) is 13.1. The van der Waals surface area contributed by atoms with E-state index in [4.69, 9.17) is 4.74 Å². The van der Waals surface area contributed by atoms with Crippen molar-refractivity contribution in [3.8, 4) is 17.2 Å². The molecule has 0 amide bonds. The zero-order chi connectivity index (χ0) is 17.7. The van der Waals surface area contributed by atoms with E-state index in [2.05, 4.69) is 4.74 Å². The van der Waals surface area contributed by atoms with E-state index < -0.39 is 5.78 Å². The van der Waals surface area contributed by atoms with Crippen molar-refractivity contribution in [2.45, 2.75) is 0 Å². The lowest BCUT2D eigenvalue weighted by Gasteiger charge is -2.14. The number of nitrogens with zero attached hydrogens (tertiary/aromatic N) is 1. The summed E-state index contributed by atoms with van der Waals surface area (Å²) in [5.74, 6) is -0.695. The fraction of sp³-hybridized carbons (Fsp3) is 0.118. The first-order valence-corrected chi connectivity index (χ1v) is 6.87. The highest BCUT2D eigenvalue weighted by molar-refractivity contribution is 6.12. The number of anilines is 1. The predicted octanol–water partition coefficient (Wildman–Crippen LogP) is 1.76. The molecule has 0 aliphatic carbocycles. The van der Waals surface area contributed by atoms with E-state index in [0.29, 0.717) is 0 Å². The van der Waals surface area contributed by atoms with Crippen LogP contribution in [0.5, 0.6) is 17.2 Å². The Hall–Kier alpha value is -3.35. The Morgan fingerprint density at radius 3 is 2.25 bits per heavy atom. The molecule has 7 nitrogen and oxygen atoms in total. The number of aromatic hydroxyl groups is 1. The van der Waals surface area contributed by atoms with Crippen molar-refractivity contribution in [2.24, 2.45) is 0 Å². The third-order valence-corrected chi connectivity index (χ3v) is 3.30. The Kier molecular flexibility index (Phi) is 5.16. The van der Waals surface area contributed by atoms with Crippen molar-refractivity contribution in [3.05, 3.63) is 47.5 Å². The van der Waals surface area contributed by atoms with Gasteiger partial charge in [-0.2, -0.15) is 0 Å². The summed E-state index contributed by atoms with van der Waals surface area (Å²) in [7, 11) is 3.61. The van der Waals surface area contributed by atoms with Crippen LogP contribution < -0.4 is 14.4 Å². The lowest BCUT2D eigenvalue weighted by Crippen LogP contribution is -2.10. The maximum atomic E-state index is 12.6. The van der Waals surface area contributed by atoms with Crippen LogP contribution in [0.2, 0.25) is 0 Å². The van der Waals surface area contributed by atoms with E-state index >= 15 is 0 Å². The average Bonchev–Trinajstić information content (AvgIpc) is 2.55. The Bertz CT molecular complexity index is 785. The number of rotatable bonds is 7. The maximum absolute atomic E-state index is 12.6. The lowest BCUT2D eigenvalue weighted by molar-refractivity contribution is -0.121. The summed E-state index contributed by atoms with van der Waals surface area (Å²) < 4.78 is 9.44. The Morgan fingerprint density at radius 2 is 1.67 bits per heavy atom. The minimum Gasteiger partial charge on any atom is -0.507 e. The van der Waals surface area contributed by atoms with Gasteiger partial charge < -0.3 is 19.5 Å². The standard InChI is InChI=1S/C17H15NO6/c1-18(2)11-3-5-13(15(21)7-11)17(22)14-6-4-12(23-9-19)8-16(14)24-10-20/h3-10,21H,1-2H3. The van der Waals surface area contributed by atoms with E-state index in [1.54, 1.807) is 25.1 Å². The normalized spacial score (nSPS) is 9.92. The molecule has 0 bridgehead atoms. The zero-order valence-corrected chi connectivity index (χ0v) is 13.1. The molecule has 0 atom stereocenters. The maximum Gasteiger partial charge on any atom is 0.298 e. The highest BCUT2D eigenvalue weighted by Gasteiger charge is 2.19. The van der Waals surface area contributed by atoms with Crippen LogP contribution in [0.3, 0.4) is 0 Å². The smallest absolute Gasteiger partial charge is 0.298 e. The van der Waals surface area contributed by atoms with E-state index in [1.165, 1.54) is 30.3 Å². The molecule has 124 valence electrons. The summed E-state index contributed by atoms with van der Waals surface area (Å²) in [4.78, 5) is 35.4. The first-order valence-electron chi connectivity index (χ1n) is 6.87. The van der Waals surface area contributed by atoms with E-state index in [0.717, 1.165) is 5.69 Å². The van der Waals surface area contributed by atoms with Gasteiger partial charge in [0, 0.05) is 31.9 Å². The first kappa shape index (κ1) is 17.0. The van der Waals surface area contributed by atoms with Gasteiger partial charge in [-0.25, -0.2) is 0 Å². The largest absolute Gasteiger partial charge is 0.507 e. The molecule has 7 heteroatoms. The first-order chi connectivity index (χ1) is 11.5. The number of hydrogen-bond acceptors (Lipinski definition) is 7. The minimum atomic E-state index is -0.535. The van der Waals surface area contributed by atoms with Gasteiger partial charge in [-0.1, -0.05) is 0 Å². The molecule has 2 aromatic rings. The second-order valence-electron chi connectivity index (χ2n) is 5.01. The molecule has 0 aliphatic heterocycles. The monoisotopic (exact) mass is 329 g/mol. The number of carbonyl (C=O) groups is 3. The third-order valence-electron chi connectivity index (χ3n) is 3.30. The second kappa shape index (κ2) is 7.28. The highest BCUT2D eigenvalue weighted by atomic mass is 16.5. The summed E-state index contributed by atoms with van der Waals surface area (Å²) in [5, 5.41) is 10.1. The van der Waals surface area contributed by atoms with E-state index in [9.17, 15) is 19.5 Å². The molecule has 2 rings (SSSR count). The van der Waals surface area contributed by atoms with Crippen LogP contribution >= 0.6 is 0 Å². The average molecular weight is 329 g/mol. The van der Waals surface area contributed by atoms with Crippen molar-refractivity contribution in [1.29, 1.82) is 0 Å². The molecule has 0 spiro atoms. The Labute approximate surface area is 138 Å². The lowest BCUT2D eigenvalue weighted by atomic mass is 10.0. The van der Waals surface area contributed by atoms with Gasteiger partial charge in [-0.15, -0.1) is 0 Å². The summed E-state index contributed by atoms with van der Waals surface area (Å²) in [5.41, 5.74) is 0.830. The molecule has 0 saturated carbocycles. The third kappa shape index (κ3) is 3.52. The van der Waals surface area contributed by atoms with E-state index in [1.807, 2.05) is 0 Å². The number of phenols is 1. The molecule has 24 heavy (non-hydrogen) atoms. The molecule has 0 aromatic heterocycles. The van der Waals surface area contributed by atoms with Crippen LogP contribution in [-0.4, -0.2) is 37.9 Å². The molecular formula is C17H15NO6. The Balaban J connectivity index is 2.45. The van der Waals surface area contributed by atoms with Crippen molar-refractivity contribution in [1.82, 2.24) is 0 Å². The topological polar surface area (TPSA) is 93.1 Å². The van der Waals surface area contributed by atoms with E-state index in [-0.39, 0.29) is 41.3 Å². The fourth-order valence-electron chi connectivity index (χ4n) is 2.10. The summed E-state index contributed by atoms with van der Waals surface area (Å²) in [6.45, 7) is 0.374. The van der Waals surface area contributed by atoms with Crippen LogP contribution in [0.4, 0.5) is 5.69 Å². The summed E-state index contributed by atoms with van der Waals surface area (Å²) >= 11 is 0. The molecule has 0 unspecified atom stereocenters. The van der Waals surface area contributed by atoms with Crippen molar-refractivity contribution < 1.29 is 29.0 Å². The van der Waals surface area contributed by atoms with Crippen molar-refractivity contribution in [2.75, 3.05) is 19.0 Å². The molecular weight excluding hydrogens is 314 g/mol. The van der Waals surface area contributed by atoms with Crippen molar-refractivity contribution >= 4 is 24.4 Å². The minimum absolute atomic E-state index is 0.0493. The van der Waals surface area contributed by atoms with Crippen LogP contribution in [-0.2, 0) is 9.59 Å². The molecule has 0 aliphatic rings. The quantitative estimate of drug-likeness (QED) is 0.611. The van der Waals surface area contributed by atoms with Gasteiger partial charge in [0.25, 0.3) is 12.9 Å². The molecule has 0 fully saturated rings. The second-order valence-corrected chi connectivity index (χ2v) is 5.01. The van der Waals surface area contributed by atoms with Crippen LogP contribution in [0, 0.1) is 0 Å².